The van der Waals surface area contributed by atoms with Crippen LogP contribution in [0.15, 0.2) is 48.5 Å². The minimum Gasteiger partial charge on any atom is -0.492 e. The number of aryl methyl sites for hydroxylation is 1. The number of ether oxygens (including phenoxy) is 1. The molecule has 0 atom stereocenters. The number of nitrogens with one attached hydrogen (secondary N) is 1. The topological polar surface area (TPSA) is 54.5 Å². The van der Waals surface area contributed by atoms with Gasteiger partial charge in [0, 0.05) is 28.9 Å². The monoisotopic (exact) mass is 471 g/mol. The lowest BCUT2D eigenvalue weighted by Crippen LogP contribution is -2.30. The molecule has 0 radical (unpaired) electrons. The maximum atomic E-state index is 12.9. The molecule has 0 bridgehead atoms. The van der Waals surface area contributed by atoms with Crippen molar-refractivity contribution in [3.05, 3.63) is 64.1 Å². The predicted octanol–water partition coefficient (Wildman–Crippen LogP) is 6.53. The van der Waals surface area contributed by atoms with Gasteiger partial charge < -0.3 is 10.1 Å². The number of rotatable bonds is 11. The van der Waals surface area contributed by atoms with Crippen molar-refractivity contribution in [1.29, 1.82) is 0 Å². The number of carbonyl (C=O) groups excluding carboxylic acids is 1. The van der Waals surface area contributed by atoms with E-state index in [1.165, 1.54) is 11.3 Å². The van der Waals surface area contributed by atoms with Gasteiger partial charge in [-0.3, -0.25) is 9.69 Å². The zero-order valence-corrected chi connectivity index (χ0v) is 20.4. The Bertz CT molecular complexity index is 1010. The third kappa shape index (κ3) is 6.79. The third-order valence-corrected chi connectivity index (χ3v) is 6.40. The van der Waals surface area contributed by atoms with E-state index in [0.717, 1.165) is 48.8 Å². The first-order valence-corrected chi connectivity index (χ1v) is 12.2. The van der Waals surface area contributed by atoms with Gasteiger partial charge in [0.2, 0.25) is 0 Å². The molecule has 1 amide bonds. The Balaban J connectivity index is 1.61. The number of carbonyl (C=O) groups is 1. The summed E-state index contributed by atoms with van der Waals surface area (Å²) in [4.78, 5) is 20.5. The zero-order valence-electron chi connectivity index (χ0n) is 18.9. The van der Waals surface area contributed by atoms with E-state index in [4.69, 9.17) is 16.3 Å². The van der Waals surface area contributed by atoms with Crippen LogP contribution in [0.3, 0.4) is 0 Å². The molecule has 0 aliphatic carbocycles. The van der Waals surface area contributed by atoms with Gasteiger partial charge >= 0.3 is 0 Å². The van der Waals surface area contributed by atoms with Crippen LogP contribution in [-0.4, -0.2) is 42.0 Å². The van der Waals surface area contributed by atoms with Gasteiger partial charge in [0.25, 0.3) is 5.91 Å². The van der Waals surface area contributed by atoms with Gasteiger partial charge in [-0.2, -0.15) is 0 Å². The number of anilines is 1. The first kappa shape index (κ1) is 24.2. The van der Waals surface area contributed by atoms with Crippen molar-refractivity contribution in [1.82, 2.24) is 9.88 Å². The Hall–Kier alpha value is -2.41. The number of aromatic nitrogens is 1. The number of hydrogen-bond donors (Lipinski definition) is 1. The summed E-state index contributed by atoms with van der Waals surface area (Å²) in [7, 11) is 0. The van der Waals surface area contributed by atoms with Gasteiger partial charge in [-0.15, -0.1) is 11.3 Å². The Morgan fingerprint density at radius 1 is 1.09 bits per heavy atom. The van der Waals surface area contributed by atoms with Crippen LogP contribution >= 0.6 is 22.9 Å². The van der Waals surface area contributed by atoms with Crippen LogP contribution in [0.2, 0.25) is 5.02 Å². The second-order valence-corrected chi connectivity index (χ2v) is 9.05. The summed E-state index contributed by atoms with van der Waals surface area (Å²) >= 11 is 7.34. The van der Waals surface area contributed by atoms with Crippen LogP contribution in [0.4, 0.5) is 5.69 Å². The van der Waals surface area contributed by atoms with Crippen molar-refractivity contribution in [2.24, 2.45) is 0 Å². The van der Waals surface area contributed by atoms with Gasteiger partial charge in [0.15, 0.2) is 0 Å². The molecule has 0 unspecified atom stereocenters. The summed E-state index contributed by atoms with van der Waals surface area (Å²) in [6.45, 7) is 9.92. The lowest BCUT2D eigenvalue weighted by Gasteiger charge is -2.21. The van der Waals surface area contributed by atoms with Gasteiger partial charge in [0.1, 0.15) is 22.2 Å². The average molecular weight is 472 g/mol. The molecule has 3 aromatic rings. The second kappa shape index (κ2) is 12.0. The molecule has 5 nitrogen and oxygen atoms in total. The van der Waals surface area contributed by atoms with Crippen LogP contribution in [-0.2, 0) is 0 Å². The van der Waals surface area contributed by atoms with Crippen molar-refractivity contribution in [2.75, 3.05) is 31.6 Å². The quantitative estimate of drug-likeness (QED) is 0.345. The van der Waals surface area contributed by atoms with E-state index in [1.54, 1.807) is 0 Å². The van der Waals surface area contributed by atoms with Crippen LogP contribution < -0.4 is 10.1 Å². The average Bonchev–Trinajstić information content (AvgIpc) is 3.16. The SMILES string of the molecule is CCCN(CCC)CCOc1cccc(NC(=O)c2sc(-c3ccc(Cl)cc3)nc2C)c1. The molecule has 0 aliphatic rings. The lowest BCUT2D eigenvalue weighted by molar-refractivity contribution is 0.103. The normalized spacial score (nSPS) is 11.0. The summed E-state index contributed by atoms with van der Waals surface area (Å²) in [5.41, 5.74) is 2.35. The van der Waals surface area contributed by atoms with Crippen LogP contribution in [0, 0.1) is 6.92 Å². The minimum atomic E-state index is -0.172. The smallest absolute Gasteiger partial charge is 0.267 e. The third-order valence-electron chi connectivity index (χ3n) is 4.94. The first-order chi connectivity index (χ1) is 15.5. The molecule has 3 rings (SSSR count). The molecule has 0 saturated heterocycles. The highest BCUT2D eigenvalue weighted by molar-refractivity contribution is 7.17. The molecule has 0 fully saturated rings. The predicted molar refractivity (Wildman–Crippen MR) is 134 cm³/mol. The fourth-order valence-electron chi connectivity index (χ4n) is 3.43. The van der Waals surface area contributed by atoms with Crippen molar-refractivity contribution < 1.29 is 9.53 Å². The second-order valence-electron chi connectivity index (χ2n) is 7.61. The van der Waals surface area contributed by atoms with Crippen LogP contribution in [0.5, 0.6) is 5.75 Å². The molecule has 0 spiro atoms. The standard InChI is InChI=1S/C25H30ClN3O2S/c1-4-13-29(14-5-2)15-16-31-22-8-6-7-21(17-22)28-24(30)23-18(3)27-25(32-23)19-9-11-20(26)12-10-19/h6-12,17H,4-5,13-16H2,1-3H3,(H,28,30). The molecule has 0 aliphatic heterocycles. The van der Waals surface area contributed by atoms with Gasteiger partial charge in [0.05, 0.1) is 5.69 Å². The van der Waals surface area contributed by atoms with E-state index in [9.17, 15) is 4.79 Å². The number of nitrogens with zero attached hydrogens (tertiary/aromatic N) is 2. The van der Waals surface area contributed by atoms with E-state index in [-0.39, 0.29) is 5.91 Å². The lowest BCUT2D eigenvalue weighted by atomic mass is 10.2. The number of benzene rings is 2. The molecule has 0 saturated carbocycles. The summed E-state index contributed by atoms with van der Waals surface area (Å²) < 4.78 is 5.94. The van der Waals surface area contributed by atoms with Crippen molar-refractivity contribution in [3.8, 4) is 16.3 Å². The van der Waals surface area contributed by atoms with Crippen molar-refractivity contribution in [3.63, 3.8) is 0 Å². The molecule has 170 valence electrons. The highest BCUT2D eigenvalue weighted by atomic mass is 35.5. The number of hydrogen-bond acceptors (Lipinski definition) is 5. The summed E-state index contributed by atoms with van der Waals surface area (Å²) in [6, 6.07) is 15.0. The highest BCUT2D eigenvalue weighted by Crippen LogP contribution is 2.29. The fourth-order valence-corrected chi connectivity index (χ4v) is 4.53. The first-order valence-electron chi connectivity index (χ1n) is 11.0. The van der Waals surface area contributed by atoms with Crippen LogP contribution in [0.1, 0.15) is 42.1 Å². The molecule has 1 aromatic heterocycles. The van der Waals surface area contributed by atoms with E-state index >= 15 is 0 Å². The van der Waals surface area contributed by atoms with Gasteiger partial charge in [-0.1, -0.05) is 43.6 Å². The summed E-state index contributed by atoms with van der Waals surface area (Å²) in [5, 5.41) is 4.44. The maximum absolute atomic E-state index is 12.9. The molecular weight excluding hydrogens is 442 g/mol. The highest BCUT2D eigenvalue weighted by Gasteiger charge is 2.17. The Morgan fingerprint density at radius 2 is 1.81 bits per heavy atom. The van der Waals surface area contributed by atoms with E-state index in [1.807, 2.05) is 55.5 Å². The maximum Gasteiger partial charge on any atom is 0.267 e. The Labute approximate surface area is 199 Å². The zero-order chi connectivity index (χ0) is 22.9. The van der Waals surface area contributed by atoms with E-state index < -0.39 is 0 Å². The van der Waals surface area contributed by atoms with Crippen molar-refractivity contribution >= 4 is 34.5 Å². The number of thiazole rings is 1. The summed E-state index contributed by atoms with van der Waals surface area (Å²) in [5.74, 6) is 0.577. The largest absolute Gasteiger partial charge is 0.492 e. The Morgan fingerprint density at radius 3 is 2.50 bits per heavy atom. The molecule has 32 heavy (non-hydrogen) atoms. The van der Waals surface area contributed by atoms with Gasteiger partial charge in [-0.25, -0.2) is 4.98 Å². The van der Waals surface area contributed by atoms with Gasteiger partial charge in [-0.05, 0) is 57.1 Å². The number of halogens is 1. The van der Waals surface area contributed by atoms with Crippen molar-refractivity contribution in [2.45, 2.75) is 33.6 Å². The van der Waals surface area contributed by atoms with Crippen LogP contribution in [0.25, 0.3) is 10.6 Å². The molecule has 1 heterocycles. The molecule has 2 aromatic carbocycles. The van der Waals surface area contributed by atoms with E-state index in [2.05, 4.69) is 29.0 Å². The molecular formula is C25H30ClN3O2S. The summed E-state index contributed by atoms with van der Waals surface area (Å²) in [6.07, 6.45) is 2.27. The molecule has 7 heteroatoms. The molecule has 1 N–H and O–H groups in total. The number of amides is 1. The Kier molecular flexibility index (Phi) is 9.09. The fraction of sp³-hybridized carbons (Fsp3) is 0.360. The van der Waals surface area contributed by atoms with E-state index in [0.29, 0.717) is 27.9 Å². The minimum absolute atomic E-state index is 0.172.